The first-order valence-corrected chi connectivity index (χ1v) is 8.40. The number of thioether (sulfide) groups is 1. The second-order valence-corrected chi connectivity index (χ2v) is 6.82. The molecule has 21 heavy (non-hydrogen) atoms. The molecule has 2 aromatic carbocycles. The van der Waals surface area contributed by atoms with Gasteiger partial charge >= 0.3 is 0 Å². The topological polar surface area (TPSA) is 29.1 Å². The van der Waals surface area contributed by atoms with Crippen LogP contribution in [0.3, 0.4) is 0 Å². The summed E-state index contributed by atoms with van der Waals surface area (Å²) >= 11 is 5.10. The first-order chi connectivity index (χ1) is 10.1. The lowest BCUT2D eigenvalue weighted by molar-refractivity contribution is 0.0933. The first kappa shape index (κ1) is 14.6. The van der Waals surface area contributed by atoms with Gasteiger partial charge in [-0.3, -0.25) is 4.79 Å². The lowest BCUT2D eigenvalue weighted by atomic mass is 10.0. The number of halogens is 2. The summed E-state index contributed by atoms with van der Waals surface area (Å²) in [6.45, 7) is 0. The van der Waals surface area contributed by atoms with Crippen molar-refractivity contribution in [2.75, 3.05) is 5.75 Å². The highest BCUT2D eigenvalue weighted by Gasteiger charge is 2.23. The fourth-order valence-electron chi connectivity index (χ4n) is 2.40. The molecule has 1 N–H and O–H groups in total. The van der Waals surface area contributed by atoms with E-state index in [1.807, 2.05) is 18.2 Å². The number of hydrogen-bond donors (Lipinski definition) is 1. The zero-order valence-electron chi connectivity index (χ0n) is 11.1. The van der Waals surface area contributed by atoms with Gasteiger partial charge in [0.1, 0.15) is 5.82 Å². The molecule has 1 atom stereocenters. The van der Waals surface area contributed by atoms with Gasteiger partial charge in [-0.2, -0.15) is 0 Å². The zero-order chi connectivity index (χ0) is 14.8. The molecule has 0 saturated carbocycles. The largest absolute Gasteiger partial charge is 0.345 e. The monoisotopic (exact) mass is 365 g/mol. The molecular weight excluding hydrogens is 353 g/mol. The summed E-state index contributed by atoms with van der Waals surface area (Å²) in [4.78, 5) is 13.6. The van der Waals surface area contributed by atoms with Crippen LogP contribution in [0.1, 0.15) is 28.4 Å². The van der Waals surface area contributed by atoms with E-state index in [1.54, 1.807) is 17.8 Å². The van der Waals surface area contributed by atoms with Crippen LogP contribution in [0.2, 0.25) is 0 Å². The van der Waals surface area contributed by atoms with Gasteiger partial charge in [0, 0.05) is 15.1 Å². The molecule has 5 heteroatoms. The van der Waals surface area contributed by atoms with E-state index in [0.717, 1.165) is 17.7 Å². The molecule has 0 spiro atoms. The summed E-state index contributed by atoms with van der Waals surface area (Å²) < 4.78 is 13.9. The van der Waals surface area contributed by atoms with E-state index in [1.165, 1.54) is 17.0 Å². The van der Waals surface area contributed by atoms with Gasteiger partial charge in [-0.15, -0.1) is 11.8 Å². The highest BCUT2D eigenvalue weighted by atomic mass is 79.9. The normalized spacial score (nSPS) is 17.1. The van der Waals surface area contributed by atoms with Crippen molar-refractivity contribution in [3.8, 4) is 0 Å². The van der Waals surface area contributed by atoms with Crippen molar-refractivity contribution < 1.29 is 9.18 Å². The summed E-state index contributed by atoms with van der Waals surface area (Å²) in [5.41, 5.74) is 1.46. The minimum absolute atomic E-state index is 0.0230. The van der Waals surface area contributed by atoms with E-state index in [2.05, 4.69) is 27.3 Å². The molecule has 1 aliphatic rings. The van der Waals surface area contributed by atoms with E-state index in [0.29, 0.717) is 10.0 Å². The van der Waals surface area contributed by atoms with Crippen LogP contribution in [-0.2, 0) is 0 Å². The molecule has 0 aromatic heterocycles. The third-order valence-electron chi connectivity index (χ3n) is 3.44. The van der Waals surface area contributed by atoms with E-state index >= 15 is 0 Å². The number of fused-ring (bicyclic) bond motifs is 1. The van der Waals surface area contributed by atoms with Gasteiger partial charge in [-0.1, -0.05) is 18.2 Å². The molecule has 0 bridgehead atoms. The van der Waals surface area contributed by atoms with Crippen molar-refractivity contribution in [1.82, 2.24) is 5.32 Å². The average molecular weight is 366 g/mol. The summed E-state index contributed by atoms with van der Waals surface area (Å²) in [5.74, 6) is 0.294. The van der Waals surface area contributed by atoms with Crippen molar-refractivity contribution in [3.05, 3.63) is 63.9 Å². The standard InChI is InChI=1S/C16H13BrFNOS/c17-13-6-5-10(18)9-12(13)16(20)19-14-7-8-21-15-4-2-1-3-11(14)15/h1-6,9,14H,7-8H2,(H,19,20). The Hall–Kier alpha value is -1.33. The Morgan fingerprint density at radius 1 is 1.29 bits per heavy atom. The molecule has 3 rings (SSSR count). The molecule has 0 fully saturated rings. The molecule has 2 aromatic rings. The fourth-order valence-corrected chi connectivity index (χ4v) is 3.95. The van der Waals surface area contributed by atoms with E-state index in [9.17, 15) is 9.18 Å². The highest BCUT2D eigenvalue weighted by molar-refractivity contribution is 9.10. The van der Waals surface area contributed by atoms with Crippen LogP contribution >= 0.6 is 27.7 Å². The smallest absolute Gasteiger partial charge is 0.253 e. The predicted molar refractivity (Wildman–Crippen MR) is 86.1 cm³/mol. The molecule has 0 aliphatic carbocycles. The minimum Gasteiger partial charge on any atom is -0.345 e. The van der Waals surface area contributed by atoms with Crippen molar-refractivity contribution in [1.29, 1.82) is 0 Å². The maximum absolute atomic E-state index is 13.3. The third kappa shape index (κ3) is 3.14. The third-order valence-corrected chi connectivity index (χ3v) is 5.25. The van der Waals surface area contributed by atoms with Crippen molar-refractivity contribution in [3.63, 3.8) is 0 Å². The number of carbonyl (C=O) groups is 1. The molecule has 0 saturated heterocycles. The van der Waals surface area contributed by atoms with Crippen molar-refractivity contribution in [2.24, 2.45) is 0 Å². The Kier molecular flexibility index (Phi) is 4.31. The number of carbonyl (C=O) groups excluding carboxylic acids is 1. The molecule has 1 unspecified atom stereocenters. The molecule has 108 valence electrons. The second kappa shape index (κ2) is 6.20. The predicted octanol–water partition coefficient (Wildman–Crippen LogP) is 4.56. The van der Waals surface area contributed by atoms with Gasteiger partial charge in [-0.05, 0) is 52.2 Å². The molecular formula is C16H13BrFNOS. The van der Waals surface area contributed by atoms with E-state index in [4.69, 9.17) is 0 Å². The lowest BCUT2D eigenvalue weighted by Crippen LogP contribution is -2.30. The van der Waals surface area contributed by atoms with Crippen LogP contribution in [0.15, 0.2) is 51.8 Å². The molecule has 0 radical (unpaired) electrons. The van der Waals surface area contributed by atoms with Gasteiger partial charge in [0.15, 0.2) is 0 Å². The Morgan fingerprint density at radius 2 is 2.10 bits per heavy atom. The summed E-state index contributed by atoms with van der Waals surface area (Å²) in [7, 11) is 0. The Balaban J connectivity index is 1.84. The van der Waals surface area contributed by atoms with Gasteiger partial charge in [0.2, 0.25) is 0 Å². The van der Waals surface area contributed by atoms with Crippen molar-refractivity contribution >= 4 is 33.6 Å². The SMILES string of the molecule is O=C(NC1CCSc2ccccc21)c1cc(F)ccc1Br. The van der Waals surface area contributed by atoms with Gasteiger partial charge in [0.05, 0.1) is 11.6 Å². The summed E-state index contributed by atoms with van der Waals surface area (Å²) in [5, 5.41) is 3.01. The molecule has 1 heterocycles. The second-order valence-electron chi connectivity index (χ2n) is 4.83. The summed E-state index contributed by atoms with van der Waals surface area (Å²) in [6.07, 6.45) is 0.875. The summed E-state index contributed by atoms with van der Waals surface area (Å²) in [6, 6.07) is 12.2. The first-order valence-electron chi connectivity index (χ1n) is 6.63. The van der Waals surface area contributed by atoms with Gasteiger partial charge < -0.3 is 5.32 Å². The van der Waals surface area contributed by atoms with Gasteiger partial charge in [-0.25, -0.2) is 4.39 Å². The van der Waals surface area contributed by atoms with Crippen LogP contribution in [0.4, 0.5) is 4.39 Å². The Bertz CT molecular complexity index is 692. The van der Waals surface area contributed by atoms with E-state index < -0.39 is 5.82 Å². The Morgan fingerprint density at radius 3 is 2.95 bits per heavy atom. The number of amides is 1. The van der Waals surface area contributed by atoms with Crippen LogP contribution in [0.5, 0.6) is 0 Å². The average Bonchev–Trinajstić information content (AvgIpc) is 2.50. The molecule has 1 aliphatic heterocycles. The molecule has 1 amide bonds. The van der Waals surface area contributed by atoms with E-state index in [-0.39, 0.29) is 11.9 Å². The van der Waals surface area contributed by atoms with Crippen LogP contribution in [-0.4, -0.2) is 11.7 Å². The van der Waals surface area contributed by atoms with Crippen LogP contribution in [0, 0.1) is 5.82 Å². The van der Waals surface area contributed by atoms with Gasteiger partial charge in [0.25, 0.3) is 5.91 Å². The fraction of sp³-hybridized carbons (Fsp3) is 0.188. The number of rotatable bonds is 2. The number of benzene rings is 2. The quantitative estimate of drug-likeness (QED) is 0.845. The molecule has 2 nitrogen and oxygen atoms in total. The van der Waals surface area contributed by atoms with Crippen LogP contribution < -0.4 is 5.32 Å². The highest BCUT2D eigenvalue weighted by Crippen LogP contribution is 2.36. The lowest BCUT2D eigenvalue weighted by Gasteiger charge is -2.26. The van der Waals surface area contributed by atoms with Crippen LogP contribution in [0.25, 0.3) is 0 Å². The maximum atomic E-state index is 13.3. The minimum atomic E-state index is -0.414. The number of nitrogens with one attached hydrogen (secondary N) is 1. The maximum Gasteiger partial charge on any atom is 0.253 e. The zero-order valence-corrected chi connectivity index (χ0v) is 13.5. The van der Waals surface area contributed by atoms with Crippen molar-refractivity contribution in [2.45, 2.75) is 17.4 Å². The number of hydrogen-bond acceptors (Lipinski definition) is 2. The Labute approximate surface area is 135 Å².